The van der Waals surface area contributed by atoms with Crippen molar-refractivity contribution in [3.05, 3.63) is 108 Å². The van der Waals surface area contributed by atoms with Gasteiger partial charge in [0.25, 0.3) is 0 Å². The number of anilines is 1. The van der Waals surface area contributed by atoms with Gasteiger partial charge in [0.1, 0.15) is 6.04 Å². The molecule has 1 atom stereocenters. The van der Waals surface area contributed by atoms with Gasteiger partial charge >= 0.3 is 0 Å². The number of para-hydroxylation sites is 2. The molecule has 0 fully saturated rings. The first-order valence-corrected chi connectivity index (χ1v) is 10.3. The standard InChI is InChI=1S/C28H22N2/c1-2-30-27-15-9-7-13-23(27)20-24(28(30)19-16-21-10-4-3-5-11-21)26-18-17-22-12-6-8-14-25(22)29-26/h3-15,17-18,20,28H,2H2,1H3. The van der Waals surface area contributed by atoms with Gasteiger partial charge in [0.05, 0.1) is 11.2 Å². The predicted molar refractivity (Wildman–Crippen MR) is 126 cm³/mol. The van der Waals surface area contributed by atoms with E-state index in [2.05, 4.69) is 90.4 Å². The number of likely N-dealkylation sites (N-methyl/N-ethyl adjacent to an activating group) is 1. The van der Waals surface area contributed by atoms with Gasteiger partial charge in [-0.05, 0) is 48.9 Å². The van der Waals surface area contributed by atoms with E-state index in [0.29, 0.717) is 0 Å². The summed E-state index contributed by atoms with van der Waals surface area (Å²) in [5.41, 5.74) is 6.59. The molecule has 3 aromatic carbocycles. The second-order valence-corrected chi connectivity index (χ2v) is 7.37. The summed E-state index contributed by atoms with van der Waals surface area (Å²) >= 11 is 0. The van der Waals surface area contributed by atoms with Crippen LogP contribution in [0.3, 0.4) is 0 Å². The van der Waals surface area contributed by atoms with Gasteiger partial charge in [0, 0.05) is 28.8 Å². The molecule has 1 aromatic heterocycles. The molecule has 2 heterocycles. The zero-order valence-corrected chi connectivity index (χ0v) is 16.9. The lowest BCUT2D eigenvalue weighted by Crippen LogP contribution is -2.37. The quantitative estimate of drug-likeness (QED) is 0.391. The fourth-order valence-electron chi connectivity index (χ4n) is 4.05. The normalized spacial score (nSPS) is 15.2. The van der Waals surface area contributed by atoms with E-state index < -0.39 is 0 Å². The largest absolute Gasteiger partial charge is 0.353 e. The Morgan fingerprint density at radius 1 is 0.833 bits per heavy atom. The fraction of sp³-hybridized carbons (Fsp3) is 0.107. The van der Waals surface area contributed by atoms with Crippen LogP contribution in [0, 0.1) is 11.8 Å². The van der Waals surface area contributed by atoms with Crippen LogP contribution in [0.4, 0.5) is 5.69 Å². The maximum atomic E-state index is 4.98. The van der Waals surface area contributed by atoms with Gasteiger partial charge in [-0.15, -0.1) is 0 Å². The van der Waals surface area contributed by atoms with Crippen LogP contribution >= 0.6 is 0 Å². The Morgan fingerprint density at radius 2 is 1.60 bits per heavy atom. The Labute approximate surface area is 177 Å². The van der Waals surface area contributed by atoms with Crippen LogP contribution in [0.5, 0.6) is 0 Å². The molecule has 0 saturated carbocycles. The number of hydrogen-bond acceptors (Lipinski definition) is 2. The number of pyridine rings is 1. The van der Waals surface area contributed by atoms with E-state index in [1.54, 1.807) is 0 Å². The molecule has 0 saturated heterocycles. The van der Waals surface area contributed by atoms with Crippen LogP contribution in [0.2, 0.25) is 0 Å². The number of aromatic nitrogens is 1. The van der Waals surface area contributed by atoms with Crippen molar-refractivity contribution in [2.24, 2.45) is 0 Å². The second-order valence-electron chi connectivity index (χ2n) is 7.37. The highest BCUT2D eigenvalue weighted by Gasteiger charge is 2.27. The monoisotopic (exact) mass is 386 g/mol. The van der Waals surface area contributed by atoms with E-state index >= 15 is 0 Å². The van der Waals surface area contributed by atoms with Crippen LogP contribution in [0.25, 0.3) is 22.6 Å². The topological polar surface area (TPSA) is 16.1 Å². The third-order valence-electron chi connectivity index (χ3n) is 5.53. The molecule has 5 rings (SSSR count). The van der Waals surface area contributed by atoms with Crippen molar-refractivity contribution in [3.63, 3.8) is 0 Å². The number of fused-ring (bicyclic) bond motifs is 2. The Kier molecular flexibility index (Phi) is 4.79. The summed E-state index contributed by atoms with van der Waals surface area (Å²) in [6.07, 6.45) is 2.25. The minimum Gasteiger partial charge on any atom is -0.353 e. The molecule has 0 bridgehead atoms. The van der Waals surface area contributed by atoms with Crippen molar-refractivity contribution in [2.45, 2.75) is 13.0 Å². The van der Waals surface area contributed by atoms with Crippen molar-refractivity contribution >= 4 is 28.2 Å². The van der Waals surface area contributed by atoms with E-state index in [1.807, 2.05) is 30.3 Å². The number of benzene rings is 3. The molecule has 1 aliphatic heterocycles. The lowest BCUT2D eigenvalue weighted by molar-refractivity contribution is 0.830. The van der Waals surface area contributed by atoms with E-state index in [0.717, 1.165) is 34.3 Å². The molecule has 0 radical (unpaired) electrons. The third-order valence-corrected chi connectivity index (χ3v) is 5.53. The summed E-state index contributed by atoms with van der Waals surface area (Å²) in [5, 5.41) is 1.15. The average Bonchev–Trinajstić information content (AvgIpc) is 2.82. The molecule has 2 heteroatoms. The van der Waals surface area contributed by atoms with Crippen molar-refractivity contribution in [1.29, 1.82) is 0 Å². The van der Waals surface area contributed by atoms with Gasteiger partial charge in [0.15, 0.2) is 0 Å². The highest BCUT2D eigenvalue weighted by atomic mass is 15.2. The molecule has 2 nitrogen and oxygen atoms in total. The molecule has 1 aliphatic rings. The Hall–Kier alpha value is -3.83. The molecule has 1 unspecified atom stereocenters. The lowest BCUT2D eigenvalue weighted by atomic mass is 9.92. The van der Waals surface area contributed by atoms with Crippen LogP contribution in [0.15, 0.2) is 91.0 Å². The zero-order valence-electron chi connectivity index (χ0n) is 16.9. The van der Waals surface area contributed by atoms with Gasteiger partial charge < -0.3 is 4.90 Å². The van der Waals surface area contributed by atoms with Crippen molar-refractivity contribution in [1.82, 2.24) is 4.98 Å². The molecule has 0 spiro atoms. The van der Waals surface area contributed by atoms with E-state index in [1.165, 1.54) is 11.3 Å². The van der Waals surface area contributed by atoms with E-state index in [-0.39, 0.29) is 6.04 Å². The highest BCUT2D eigenvalue weighted by Crippen LogP contribution is 2.36. The van der Waals surface area contributed by atoms with Gasteiger partial charge in [-0.3, -0.25) is 0 Å². The maximum absolute atomic E-state index is 4.98. The minimum absolute atomic E-state index is 0.0567. The van der Waals surface area contributed by atoms with E-state index in [9.17, 15) is 0 Å². The first kappa shape index (κ1) is 18.2. The number of rotatable bonds is 2. The molecule has 0 amide bonds. The molecular weight excluding hydrogens is 364 g/mol. The molecule has 30 heavy (non-hydrogen) atoms. The SMILES string of the molecule is CCN1c2ccccc2C=C(c2ccc3ccccc3n2)C1C#Cc1ccccc1. The summed E-state index contributed by atoms with van der Waals surface area (Å²) in [6.45, 7) is 3.06. The Balaban J connectivity index is 1.67. The third kappa shape index (κ3) is 3.36. The summed E-state index contributed by atoms with van der Waals surface area (Å²) in [5.74, 6) is 6.93. The van der Waals surface area contributed by atoms with Crippen molar-refractivity contribution in [3.8, 4) is 11.8 Å². The number of hydrogen-bond donors (Lipinski definition) is 0. The van der Waals surface area contributed by atoms with Gasteiger partial charge in [-0.1, -0.05) is 72.5 Å². The van der Waals surface area contributed by atoms with Crippen LogP contribution < -0.4 is 4.90 Å². The van der Waals surface area contributed by atoms with Crippen molar-refractivity contribution in [2.75, 3.05) is 11.4 Å². The number of nitrogens with zero attached hydrogens (tertiary/aromatic N) is 2. The molecule has 0 N–H and O–H groups in total. The van der Waals surface area contributed by atoms with Crippen molar-refractivity contribution < 1.29 is 0 Å². The Morgan fingerprint density at radius 3 is 2.47 bits per heavy atom. The molecular formula is C28H22N2. The summed E-state index contributed by atoms with van der Waals surface area (Å²) in [6, 6.07) is 31.2. The van der Waals surface area contributed by atoms with Crippen LogP contribution in [-0.2, 0) is 0 Å². The first-order chi connectivity index (χ1) is 14.8. The molecule has 4 aromatic rings. The zero-order chi connectivity index (χ0) is 20.3. The fourth-order valence-corrected chi connectivity index (χ4v) is 4.05. The summed E-state index contributed by atoms with van der Waals surface area (Å²) in [7, 11) is 0. The molecule has 0 aliphatic carbocycles. The lowest BCUT2D eigenvalue weighted by Gasteiger charge is -2.35. The predicted octanol–water partition coefficient (Wildman–Crippen LogP) is 6.04. The first-order valence-electron chi connectivity index (χ1n) is 10.3. The summed E-state index contributed by atoms with van der Waals surface area (Å²) in [4.78, 5) is 7.36. The minimum atomic E-state index is -0.0567. The van der Waals surface area contributed by atoms with Gasteiger partial charge in [0.2, 0.25) is 0 Å². The smallest absolute Gasteiger partial charge is 0.118 e. The van der Waals surface area contributed by atoms with Gasteiger partial charge in [-0.25, -0.2) is 4.98 Å². The maximum Gasteiger partial charge on any atom is 0.118 e. The van der Waals surface area contributed by atoms with Crippen LogP contribution in [0.1, 0.15) is 23.7 Å². The second kappa shape index (κ2) is 7.89. The van der Waals surface area contributed by atoms with Crippen LogP contribution in [-0.4, -0.2) is 17.6 Å². The Bertz CT molecular complexity index is 1290. The highest BCUT2D eigenvalue weighted by molar-refractivity contribution is 5.95. The van der Waals surface area contributed by atoms with E-state index in [4.69, 9.17) is 4.98 Å². The van der Waals surface area contributed by atoms with Gasteiger partial charge in [-0.2, -0.15) is 0 Å². The average molecular weight is 386 g/mol. The molecule has 144 valence electrons. The summed E-state index contributed by atoms with van der Waals surface area (Å²) < 4.78 is 0.